The third kappa shape index (κ3) is 10.7. The van der Waals surface area contributed by atoms with E-state index in [1.807, 2.05) is 13.8 Å². The van der Waals surface area contributed by atoms with Crippen LogP contribution in [0.1, 0.15) is 125 Å². The number of piperidine rings is 1. The molecule has 10 heteroatoms. The van der Waals surface area contributed by atoms with E-state index in [4.69, 9.17) is 18.9 Å². The maximum atomic E-state index is 14.1. The van der Waals surface area contributed by atoms with Crippen molar-refractivity contribution in [3.63, 3.8) is 0 Å². The second-order valence-corrected chi connectivity index (χ2v) is 16.4. The van der Waals surface area contributed by atoms with Gasteiger partial charge in [-0.1, -0.05) is 44.9 Å². The van der Waals surface area contributed by atoms with E-state index in [1.165, 1.54) is 10.5 Å². The van der Waals surface area contributed by atoms with Gasteiger partial charge < -0.3 is 34.1 Å². The molecule has 2 bridgehead atoms. The highest BCUT2D eigenvalue weighted by molar-refractivity contribution is 6.39. The average molecular weight is 718 g/mol. The second-order valence-electron chi connectivity index (χ2n) is 16.4. The summed E-state index contributed by atoms with van der Waals surface area (Å²) in [5, 5.41) is 23.3. The molecule has 4 aliphatic rings. The summed E-state index contributed by atoms with van der Waals surface area (Å²) >= 11 is 0. The van der Waals surface area contributed by atoms with Crippen molar-refractivity contribution in [1.29, 1.82) is 0 Å². The molecule has 1 aliphatic carbocycles. The molecular weight excluding hydrogens is 650 g/mol. The summed E-state index contributed by atoms with van der Waals surface area (Å²) in [6, 6.07) is -0.983. The zero-order chi connectivity index (χ0) is 37.3. The van der Waals surface area contributed by atoms with Crippen molar-refractivity contribution < 1.29 is 43.5 Å². The minimum atomic E-state index is -2.33. The monoisotopic (exact) mass is 717 g/mol. The minimum absolute atomic E-state index is 0.198. The number of hydrogen-bond donors (Lipinski definition) is 2. The van der Waals surface area contributed by atoms with Crippen molar-refractivity contribution in [2.24, 2.45) is 29.6 Å². The number of aliphatic hydroxyl groups excluding tert-OH is 1. The van der Waals surface area contributed by atoms with Gasteiger partial charge in [0, 0.05) is 39.2 Å². The molecular formula is C41H67NO9. The first kappa shape index (κ1) is 41.6. The summed E-state index contributed by atoms with van der Waals surface area (Å²) in [5.41, 5.74) is 2.17. The van der Waals surface area contributed by atoms with E-state index in [1.54, 1.807) is 21.1 Å². The molecule has 10 nitrogen and oxygen atoms in total. The van der Waals surface area contributed by atoms with Crippen molar-refractivity contribution in [1.82, 2.24) is 4.90 Å². The number of ether oxygens (including phenoxy) is 4. The van der Waals surface area contributed by atoms with Crippen LogP contribution in [0.2, 0.25) is 0 Å². The Bertz CT molecular complexity index is 1230. The summed E-state index contributed by atoms with van der Waals surface area (Å²) in [4.78, 5) is 43.5. The predicted octanol–water partition coefficient (Wildman–Crippen LogP) is 6.31. The highest BCUT2D eigenvalue weighted by Gasteiger charge is 2.55. The van der Waals surface area contributed by atoms with E-state index in [9.17, 15) is 24.6 Å². The zero-order valence-corrected chi connectivity index (χ0v) is 32.4. The second kappa shape index (κ2) is 19.3. The SMILES string of the molecule is COCC1CCCC(/C=C(\C)C2OC(=O)C3CCCCN3C(=O)C(=O)C3(O)OC(CCC(C)C/C(C)=C/CCCC(O)[C@H]2C)[C@@H](OC)CC3C)C1. The fraction of sp³-hybridized carbons (Fsp3) is 0.829. The van der Waals surface area contributed by atoms with Gasteiger partial charge in [0.15, 0.2) is 0 Å². The number of amides is 1. The van der Waals surface area contributed by atoms with Crippen LogP contribution in [0.4, 0.5) is 0 Å². The maximum Gasteiger partial charge on any atom is 0.329 e. The minimum Gasteiger partial charge on any atom is -0.456 e. The summed E-state index contributed by atoms with van der Waals surface area (Å²) in [7, 11) is 3.34. The van der Waals surface area contributed by atoms with Crippen LogP contribution in [-0.4, -0.2) is 96.4 Å². The number of nitrogens with zero attached hydrogens (tertiary/aromatic N) is 1. The van der Waals surface area contributed by atoms with E-state index < -0.39 is 53.7 Å². The van der Waals surface area contributed by atoms with Gasteiger partial charge in [-0.25, -0.2) is 4.79 Å². The van der Waals surface area contributed by atoms with Crippen molar-refractivity contribution in [3.8, 4) is 0 Å². The van der Waals surface area contributed by atoms with Crippen LogP contribution in [0.5, 0.6) is 0 Å². The van der Waals surface area contributed by atoms with Crippen LogP contribution in [-0.2, 0) is 33.3 Å². The van der Waals surface area contributed by atoms with Crippen LogP contribution in [0.3, 0.4) is 0 Å². The maximum absolute atomic E-state index is 14.1. The lowest BCUT2D eigenvalue weighted by atomic mass is 9.80. The number of hydrogen-bond acceptors (Lipinski definition) is 9. The molecule has 0 aromatic rings. The van der Waals surface area contributed by atoms with Crippen molar-refractivity contribution in [3.05, 3.63) is 23.3 Å². The molecule has 0 spiro atoms. The number of cyclic esters (lactones) is 1. The number of aliphatic hydroxyl groups is 2. The lowest BCUT2D eigenvalue weighted by molar-refractivity contribution is -0.287. The molecule has 0 radical (unpaired) electrons. The fourth-order valence-corrected chi connectivity index (χ4v) is 9.04. The topological polar surface area (TPSA) is 132 Å². The van der Waals surface area contributed by atoms with Gasteiger partial charge in [0.25, 0.3) is 11.7 Å². The Hall–Kier alpha value is -2.11. The zero-order valence-electron chi connectivity index (χ0n) is 32.4. The lowest BCUT2D eigenvalue weighted by Gasteiger charge is -2.45. The van der Waals surface area contributed by atoms with E-state index in [-0.39, 0.29) is 18.6 Å². The number of esters is 1. The van der Waals surface area contributed by atoms with Gasteiger partial charge in [0.1, 0.15) is 12.1 Å². The van der Waals surface area contributed by atoms with E-state index in [2.05, 4.69) is 26.0 Å². The van der Waals surface area contributed by atoms with Crippen molar-refractivity contribution in [2.75, 3.05) is 27.4 Å². The molecule has 0 aromatic heterocycles. The predicted molar refractivity (Wildman–Crippen MR) is 196 cm³/mol. The molecule has 51 heavy (non-hydrogen) atoms. The van der Waals surface area contributed by atoms with Crippen LogP contribution < -0.4 is 0 Å². The average Bonchev–Trinajstić information content (AvgIpc) is 3.11. The number of carbonyl (C=O) groups is 3. The van der Waals surface area contributed by atoms with Crippen molar-refractivity contribution in [2.45, 2.75) is 161 Å². The number of Topliss-reactive ketones (excluding diaryl/α,β-unsaturated/α-hetero) is 1. The number of ketones is 1. The quantitative estimate of drug-likeness (QED) is 0.191. The summed E-state index contributed by atoms with van der Waals surface area (Å²) in [5.74, 6) is -4.86. The van der Waals surface area contributed by atoms with Gasteiger partial charge in [-0.2, -0.15) is 0 Å². The molecule has 1 saturated carbocycles. The first-order valence-corrected chi connectivity index (χ1v) is 19.8. The van der Waals surface area contributed by atoms with Crippen molar-refractivity contribution >= 4 is 17.7 Å². The number of carbonyl (C=O) groups excluding carboxylic acids is 3. The number of fused-ring (bicyclic) bond motifs is 3. The fourth-order valence-electron chi connectivity index (χ4n) is 9.04. The Morgan fingerprint density at radius 3 is 2.49 bits per heavy atom. The normalized spacial score (nSPS) is 40.0. The molecule has 0 aromatic carbocycles. The lowest BCUT2D eigenvalue weighted by Crippen LogP contribution is -2.62. The molecule has 11 atom stereocenters. The van der Waals surface area contributed by atoms with Gasteiger partial charge >= 0.3 is 5.97 Å². The highest BCUT2D eigenvalue weighted by atomic mass is 16.7. The molecule has 1 amide bonds. The van der Waals surface area contributed by atoms with Gasteiger partial charge in [0.2, 0.25) is 5.79 Å². The Labute approximate surface area is 306 Å². The van der Waals surface area contributed by atoms with Crippen LogP contribution in [0.25, 0.3) is 0 Å². The smallest absolute Gasteiger partial charge is 0.329 e. The summed E-state index contributed by atoms with van der Waals surface area (Å²) in [6.07, 6.45) is 12.9. The molecule has 9 unspecified atom stereocenters. The molecule has 4 rings (SSSR count). The molecule has 3 fully saturated rings. The number of rotatable bonds is 5. The van der Waals surface area contributed by atoms with Crippen LogP contribution in [0, 0.1) is 29.6 Å². The van der Waals surface area contributed by atoms with E-state index in [0.29, 0.717) is 56.3 Å². The standard InChI is InChI=1S/C41H67NO9/c1-26-13-8-9-17-34(43)30(5)37(28(3)22-31-14-12-15-32(24-31)25-48-6)50-40(46)33-16-10-11-20-42(33)39(45)38(44)41(47)29(4)23-36(49-7)35(51-41)19-18-27(2)21-26/h13,22,27,29-37,43,47H,8-12,14-21,23-25H2,1-7H3/b26-13+,28-22+/t27?,29?,30-,31?,32?,33?,34?,35?,36+,37?,41?/m1/s1. The summed E-state index contributed by atoms with van der Waals surface area (Å²) < 4.78 is 23.7. The third-order valence-electron chi connectivity index (χ3n) is 12.2. The first-order chi connectivity index (χ1) is 24.3. The molecule has 2 N–H and O–H groups in total. The van der Waals surface area contributed by atoms with Gasteiger partial charge in [-0.3, -0.25) is 9.59 Å². The van der Waals surface area contributed by atoms with Crippen LogP contribution in [0.15, 0.2) is 23.3 Å². The molecule has 3 aliphatic heterocycles. The Balaban J connectivity index is 1.66. The van der Waals surface area contributed by atoms with Gasteiger partial charge in [-0.05, 0) is 121 Å². The molecule has 3 heterocycles. The molecule has 290 valence electrons. The largest absolute Gasteiger partial charge is 0.456 e. The highest BCUT2D eigenvalue weighted by Crippen LogP contribution is 2.38. The summed E-state index contributed by atoms with van der Waals surface area (Å²) in [6.45, 7) is 10.8. The van der Waals surface area contributed by atoms with E-state index >= 15 is 0 Å². The number of allylic oxidation sites excluding steroid dienone is 3. The van der Waals surface area contributed by atoms with Gasteiger partial charge in [0.05, 0.1) is 18.3 Å². The number of methoxy groups -OCH3 is 2. The van der Waals surface area contributed by atoms with E-state index in [0.717, 1.165) is 63.5 Å². The Morgan fingerprint density at radius 2 is 1.76 bits per heavy atom. The Morgan fingerprint density at radius 1 is 1.00 bits per heavy atom. The van der Waals surface area contributed by atoms with Gasteiger partial charge in [-0.15, -0.1) is 0 Å². The van der Waals surface area contributed by atoms with Crippen LogP contribution >= 0.6 is 0 Å². The third-order valence-corrected chi connectivity index (χ3v) is 12.2. The Kier molecular flexibility index (Phi) is 15.7. The first-order valence-electron chi connectivity index (χ1n) is 19.8. The molecule has 2 saturated heterocycles.